The van der Waals surface area contributed by atoms with Gasteiger partial charge in [0.25, 0.3) is 0 Å². The second kappa shape index (κ2) is 10.4. The highest BCUT2D eigenvalue weighted by Gasteiger charge is 2.33. The van der Waals surface area contributed by atoms with Gasteiger partial charge in [0.05, 0.1) is 12.6 Å². The topological polar surface area (TPSA) is 66.8 Å². The fraction of sp³-hybridized carbons (Fsp3) is 0.308. The molecule has 1 aliphatic rings. The van der Waals surface area contributed by atoms with E-state index in [1.807, 2.05) is 78.7 Å². The summed E-state index contributed by atoms with van der Waals surface area (Å²) >= 11 is 0. The molecular weight excluding hydrogens is 416 g/mol. The molecule has 1 unspecified atom stereocenters. The Kier molecular flexibility index (Phi) is 7.10. The number of methoxy groups -OCH3 is 1. The molecule has 1 aliphatic heterocycles. The van der Waals surface area contributed by atoms with E-state index in [2.05, 4.69) is 16.0 Å². The number of carbonyl (C=O) groups is 2. The minimum Gasteiger partial charge on any atom is -0.383 e. The third-order valence-corrected chi connectivity index (χ3v) is 6.04. The number of nitrogens with one attached hydrogen (secondary N) is 1. The van der Waals surface area contributed by atoms with Crippen LogP contribution < -0.4 is 5.32 Å². The minimum atomic E-state index is -0.314. The number of para-hydroxylation sites is 1. The van der Waals surface area contributed by atoms with Gasteiger partial charge in [-0.15, -0.1) is 0 Å². The Morgan fingerprint density at radius 3 is 2.55 bits per heavy atom. The van der Waals surface area contributed by atoms with Gasteiger partial charge in [0.2, 0.25) is 5.91 Å². The van der Waals surface area contributed by atoms with Gasteiger partial charge in [-0.1, -0.05) is 48.5 Å². The molecule has 0 radical (unpaired) electrons. The lowest BCUT2D eigenvalue weighted by Gasteiger charge is -2.38. The van der Waals surface area contributed by atoms with Crippen molar-refractivity contribution >= 4 is 17.6 Å². The summed E-state index contributed by atoms with van der Waals surface area (Å²) < 4.78 is 7.39. The van der Waals surface area contributed by atoms with Crippen LogP contribution in [0.15, 0.2) is 72.9 Å². The Balaban J connectivity index is 1.55. The Labute approximate surface area is 194 Å². The summed E-state index contributed by atoms with van der Waals surface area (Å²) in [6, 6.07) is 21.2. The van der Waals surface area contributed by atoms with E-state index < -0.39 is 0 Å². The van der Waals surface area contributed by atoms with Crippen LogP contribution in [0.1, 0.15) is 22.9 Å². The average Bonchev–Trinajstić information content (AvgIpc) is 3.32. The van der Waals surface area contributed by atoms with Gasteiger partial charge >= 0.3 is 6.03 Å². The van der Waals surface area contributed by atoms with E-state index in [9.17, 15) is 9.59 Å². The zero-order valence-corrected chi connectivity index (χ0v) is 19.1. The molecule has 1 aromatic heterocycles. The van der Waals surface area contributed by atoms with Crippen LogP contribution in [0.5, 0.6) is 0 Å². The first kappa shape index (κ1) is 22.6. The first-order valence-electron chi connectivity index (χ1n) is 11.2. The summed E-state index contributed by atoms with van der Waals surface area (Å²) in [5.41, 5.74) is 3.83. The molecular formula is C26H30N4O3. The number of nitrogens with zero attached hydrogens (tertiary/aromatic N) is 3. The second-order valence-corrected chi connectivity index (χ2v) is 8.19. The standard InChI is InChI=1S/C26H30N4O3/c1-20-9-6-7-12-22(20)27-26(32)29(17-18-33-2)19-24(31)30-16-15-28-14-8-13-23(28)25(30)21-10-4-3-5-11-21/h3-14,25H,15-19H2,1-2H3,(H,27,32). The normalized spacial score (nSPS) is 15.1. The predicted octanol–water partition coefficient (Wildman–Crippen LogP) is 3.91. The summed E-state index contributed by atoms with van der Waals surface area (Å²) in [5.74, 6) is -0.0904. The van der Waals surface area contributed by atoms with Crippen molar-refractivity contribution in [2.45, 2.75) is 19.5 Å². The van der Waals surface area contributed by atoms with Crippen molar-refractivity contribution < 1.29 is 14.3 Å². The van der Waals surface area contributed by atoms with E-state index in [-0.39, 0.29) is 24.5 Å². The smallest absolute Gasteiger partial charge is 0.322 e. The number of carbonyl (C=O) groups excluding carboxylic acids is 2. The van der Waals surface area contributed by atoms with Crippen LogP contribution in [0.2, 0.25) is 0 Å². The van der Waals surface area contributed by atoms with E-state index in [1.165, 1.54) is 4.90 Å². The highest BCUT2D eigenvalue weighted by atomic mass is 16.5. The molecule has 1 N–H and O–H groups in total. The summed E-state index contributed by atoms with van der Waals surface area (Å²) in [6.07, 6.45) is 2.05. The summed E-state index contributed by atoms with van der Waals surface area (Å²) in [6.45, 7) is 3.89. The third kappa shape index (κ3) is 5.09. The number of aromatic nitrogens is 1. The number of amides is 3. The summed E-state index contributed by atoms with van der Waals surface area (Å²) in [5, 5.41) is 2.94. The Bertz CT molecular complexity index is 1100. The van der Waals surface area contributed by atoms with Gasteiger partial charge < -0.3 is 24.4 Å². The first-order valence-corrected chi connectivity index (χ1v) is 11.2. The van der Waals surface area contributed by atoms with Crippen LogP contribution in [0.4, 0.5) is 10.5 Å². The molecule has 0 saturated heterocycles. The van der Waals surface area contributed by atoms with Gasteiger partial charge in [0.15, 0.2) is 0 Å². The van der Waals surface area contributed by atoms with E-state index >= 15 is 0 Å². The van der Waals surface area contributed by atoms with Gasteiger partial charge in [-0.3, -0.25) is 4.79 Å². The van der Waals surface area contributed by atoms with Gasteiger partial charge in [0, 0.05) is 44.3 Å². The number of hydrogen-bond donors (Lipinski definition) is 1. The van der Waals surface area contributed by atoms with Gasteiger partial charge in [-0.25, -0.2) is 4.79 Å². The molecule has 2 aromatic carbocycles. The predicted molar refractivity (Wildman–Crippen MR) is 128 cm³/mol. The molecule has 0 bridgehead atoms. The lowest BCUT2D eigenvalue weighted by atomic mass is 10.00. The zero-order valence-electron chi connectivity index (χ0n) is 19.1. The van der Waals surface area contributed by atoms with Gasteiger partial charge in [-0.2, -0.15) is 0 Å². The molecule has 172 valence electrons. The third-order valence-electron chi connectivity index (χ3n) is 6.04. The van der Waals surface area contributed by atoms with Gasteiger partial charge in [-0.05, 0) is 36.2 Å². The number of rotatable bonds is 7. The first-order chi connectivity index (χ1) is 16.1. The maximum absolute atomic E-state index is 13.6. The Morgan fingerprint density at radius 2 is 1.79 bits per heavy atom. The van der Waals surface area contributed by atoms with Crippen molar-refractivity contribution in [1.29, 1.82) is 0 Å². The van der Waals surface area contributed by atoms with E-state index in [4.69, 9.17) is 4.74 Å². The van der Waals surface area contributed by atoms with Crippen LogP contribution in [0, 0.1) is 6.92 Å². The Morgan fingerprint density at radius 1 is 1.03 bits per heavy atom. The molecule has 0 fully saturated rings. The summed E-state index contributed by atoms with van der Waals surface area (Å²) in [7, 11) is 1.59. The number of hydrogen-bond acceptors (Lipinski definition) is 3. The molecule has 7 nitrogen and oxygen atoms in total. The molecule has 4 rings (SSSR count). The molecule has 33 heavy (non-hydrogen) atoms. The fourth-order valence-electron chi connectivity index (χ4n) is 4.25. The van der Waals surface area contributed by atoms with E-state index in [0.717, 1.165) is 29.1 Å². The van der Waals surface area contributed by atoms with Crippen molar-refractivity contribution in [1.82, 2.24) is 14.4 Å². The molecule has 0 spiro atoms. The maximum atomic E-state index is 13.6. The number of urea groups is 1. The molecule has 3 aromatic rings. The molecule has 2 heterocycles. The van der Waals surface area contributed by atoms with Crippen LogP contribution in [-0.2, 0) is 16.1 Å². The number of benzene rings is 2. The van der Waals surface area contributed by atoms with Crippen molar-refractivity contribution in [2.24, 2.45) is 0 Å². The molecule has 1 atom stereocenters. The molecule has 0 saturated carbocycles. The van der Waals surface area contributed by atoms with Crippen LogP contribution in [0.3, 0.4) is 0 Å². The number of fused-ring (bicyclic) bond motifs is 1. The van der Waals surface area contributed by atoms with Crippen molar-refractivity contribution in [3.63, 3.8) is 0 Å². The number of anilines is 1. The van der Waals surface area contributed by atoms with Crippen molar-refractivity contribution in [3.8, 4) is 0 Å². The van der Waals surface area contributed by atoms with Crippen LogP contribution in [0.25, 0.3) is 0 Å². The molecule has 7 heteroatoms. The second-order valence-electron chi connectivity index (χ2n) is 8.19. The SMILES string of the molecule is COCCN(CC(=O)N1CCn2cccc2C1c1ccccc1)C(=O)Nc1ccccc1C. The van der Waals surface area contributed by atoms with Gasteiger partial charge in [0.1, 0.15) is 6.54 Å². The van der Waals surface area contributed by atoms with Crippen LogP contribution >= 0.6 is 0 Å². The largest absolute Gasteiger partial charge is 0.383 e. The molecule has 0 aliphatic carbocycles. The van der Waals surface area contributed by atoms with Crippen molar-refractivity contribution in [2.75, 3.05) is 38.7 Å². The lowest BCUT2D eigenvalue weighted by Crippen LogP contribution is -2.49. The van der Waals surface area contributed by atoms with Crippen molar-refractivity contribution in [3.05, 3.63) is 89.7 Å². The van der Waals surface area contributed by atoms with E-state index in [0.29, 0.717) is 19.7 Å². The lowest BCUT2D eigenvalue weighted by molar-refractivity contribution is -0.134. The number of ether oxygens (including phenoxy) is 1. The Hall–Kier alpha value is -3.58. The minimum absolute atomic E-state index is 0.0227. The quantitative estimate of drug-likeness (QED) is 0.598. The number of aryl methyl sites for hydroxylation is 1. The fourth-order valence-corrected chi connectivity index (χ4v) is 4.25. The van der Waals surface area contributed by atoms with E-state index in [1.54, 1.807) is 7.11 Å². The highest BCUT2D eigenvalue weighted by molar-refractivity contribution is 5.93. The average molecular weight is 447 g/mol. The monoisotopic (exact) mass is 446 g/mol. The van der Waals surface area contributed by atoms with Crippen LogP contribution in [-0.4, -0.2) is 59.7 Å². The highest BCUT2D eigenvalue weighted by Crippen LogP contribution is 2.32. The summed E-state index contributed by atoms with van der Waals surface area (Å²) in [4.78, 5) is 30.0. The zero-order chi connectivity index (χ0) is 23.2. The maximum Gasteiger partial charge on any atom is 0.322 e. The molecule has 3 amide bonds.